The molecule has 1 fully saturated rings. The van der Waals surface area contributed by atoms with E-state index in [0.717, 1.165) is 74.6 Å². The number of benzene rings is 1. The Bertz CT molecular complexity index is 1100. The molecule has 0 spiro atoms. The summed E-state index contributed by atoms with van der Waals surface area (Å²) < 4.78 is 5.70. The molecule has 2 aromatic rings. The van der Waals surface area contributed by atoms with Gasteiger partial charge in [0.25, 0.3) is 0 Å². The number of hydrogen-bond donors (Lipinski definition) is 0. The molecule has 3 aliphatic rings. The third-order valence-electron chi connectivity index (χ3n) is 6.62. The standard InChI is InChI=1S/C26H32ClN5O2/c1-26(2,3)34-25(33)32-19-9-10-20(32)16-31(14-11-19)23-21-12-13-30(15-18-7-5-4-6-8-18)17-22(21)28-24(27)29-23/h4-8,16,19H,9-15,17H2,1-3H3. The second kappa shape index (κ2) is 9.19. The number of ether oxygens (including phenoxy) is 1. The van der Waals surface area contributed by atoms with E-state index in [4.69, 9.17) is 16.3 Å². The maximum absolute atomic E-state index is 12.9. The van der Waals surface area contributed by atoms with Gasteiger partial charge < -0.3 is 9.64 Å². The molecule has 8 heteroatoms. The van der Waals surface area contributed by atoms with E-state index in [1.807, 2.05) is 31.7 Å². The van der Waals surface area contributed by atoms with Gasteiger partial charge in [0.1, 0.15) is 11.4 Å². The third kappa shape index (κ3) is 4.91. The summed E-state index contributed by atoms with van der Waals surface area (Å²) in [5, 5.41) is 0.270. The average Bonchev–Trinajstić information content (AvgIpc) is 3.06. The molecule has 7 nitrogen and oxygen atoms in total. The van der Waals surface area contributed by atoms with Crippen LogP contribution in [0.5, 0.6) is 0 Å². The Morgan fingerprint density at radius 3 is 2.68 bits per heavy atom. The Morgan fingerprint density at radius 1 is 1.12 bits per heavy atom. The zero-order valence-corrected chi connectivity index (χ0v) is 20.9. The maximum Gasteiger partial charge on any atom is 0.414 e. The van der Waals surface area contributed by atoms with E-state index in [1.54, 1.807) is 0 Å². The largest absolute Gasteiger partial charge is 0.443 e. The summed E-state index contributed by atoms with van der Waals surface area (Å²) in [5.74, 6) is 0.874. The molecule has 1 unspecified atom stereocenters. The molecule has 3 aliphatic heterocycles. The molecular formula is C26H32ClN5O2. The predicted molar refractivity (Wildman–Crippen MR) is 132 cm³/mol. The molecule has 180 valence electrons. The van der Waals surface area contributed by atoms with Gasteiger partial charge in [0.05, 0.1) is 5.69 Å². The number of nitrogens with zero attached hydrogens (tertiary/aromatic N) is 5. The number of carbonyl (C=O) groups excluding carboxylic acids is 1. The molecule has 34 heavy (non-hydrogen) atoms. The minimum Gasteiger partial charge on any atom is -0.443 e. The van der Waals surface area contributed by atoms with E-state index in [0.29, 0.717) is 0 Å². The molecular weight excluding hydrogens is 450 g/mol. The van der Waals surface area contributed by atoms with Crippen molar-refractivity contribution in [3.63, 3.8) is 0 Å². The second-order valence-electron chi connectivity index (χ2n) is 10.3. The van der Waals surface area contributed by atoms with E-state index in [9.17, 15) is 4.79 Å². The molecule has 0 aliphatic carbocycles. The Balaban J connectivity index is 1.40. The van der Waals surface area contributed by atoms with Crippen molar-refractivity contribution in [3.05, 3.63) is 64.3 Å². The zero-order chi connectivity index (χ0) is 23.9. The molecule has 0 saturated carbocycles. The van der Waals surface area contributed by atoms with Crippen LogP contribution in [0.4, 0.5) is 10.6 Å². The average molecular weight is 482 g/mol. The molecule has 1 amide bonds. The van der Waals surface area contributed by atoms with Crippen LogP contribution in [0.25, 0.3) is 0 Å². The third-order valence-corrected chi connectivity index (χ3v) is 6.79. The van der Waals surface area contributed by atoms with Gasteiger partial charge in [-0.15, -0.1) is 0 Å². The van der Waals surface area contributed by atoms with Crippen molar-refractivity contribution in [2.24, 2.45) is 0 Å². The van der Waals surface area contributed by atoms with Crippen molar-refractivity contribution in [1.82, 2.24) is 19.8 Å². The van der Waals surface area contributed by atoms with Gasteiger partial charge in [0.2, 0.25) is 5.28 Å². The lowest BCUT2D eigenvalue weighted by molar-refractivity contribution is 0.0277. The summed E-state index contributed by atoms with van der Waals surface area (Å²) in [6.07, 6.45) is 5.36. The highest BCUT2D eigenvalue weighted by molar-refractivity contribution is 6.28. The molecule has 1 aromatic heterocycles. The predicted octanol–water partition coefficient (Wildman–Crippen LogP) is 5.14. The summed E-state index contributed by atoms with van der Waals surface area (Å²) in [6, 6.07) is 10.7. The molecule has 4 heterocycles. The number of fused-ring (bicyclic) bond motifs is 3. The summed E-state index contributed by atoms with van der Waals surface area (Å²) in [7, 11) is 0. The lowest BCUT2D eigenvalue weighted by Crippen LogP contribution is -2.38. The fourth-order valence-electron chi connectivity index (χ4n) is 5.13. The number of allylic oxidation sites excluding steroid dienone is 1. The van der Waals surface area contributed by atoms with Crippen LogP contribution in [0.2, 0.25) is 5.28 Å². The number of rotatable bonds is 3. The van der Waals surface area contributed by atoms with Gasteiger partial charge in [-0.1, -0.05) is 30.3 Å². The Morgan fingerprint density at radius 2 is 1.91 bits per heavy atom. The number of amides is 1. The SMILES string of the molecule is CC(C)(C)OC(=O)N1C2=CN(c3nc(Cl)nc4c3CCN(Cc3ccccc3)C4)CCC1CC2. The number of halogens is 1. The smallest absolute Gasteiger partial charge is 0.414 e. The minimum absolute atomic E-state index is 0.153. The fraction of sp³-hybridized carbons (Fsp3) is 0.500. The van der Waals surface area contributed by atoms with Crippen molar-refractivity contribution in [2.45, 2.75) is 71.2 Å². The number of hydrogen-bond acceptors (Lipinski definition) is 6. The van der Waals surface area contributed by atoms with Crippen molar-refractivity contribution in [1.29, 1.82) is 0 Å². The van der Waals surface area contributed by atoms with Crippen LogP contribution in [-0.4, -0.2) is 50.6 Å². The summed E-state index contributed by atoms with van der Waals surface area (Å²) in [4.78, 5) is 28.6. The van der Waals surface area contributed by atoms with E-state index >= 15 is 0 Å². The molecule has 5 rings (SSSR count). The van der Waals surface area contributed by atoms with Gasteiger partial charge in [-0.25, -0.2) is 9.78 Å². The van der Waals surface area contributed by atoms with Crippen LogP contribution in [-0.2, 0) is 24.2 Å². The van der Waals surface area contributed by atoms with E-state index in [1.165, 1.54) is 5.56 Å². The van der Waals surface area contributed by atoms with Crippen molar-refractivity contribution >= 4 is 23.5 Å². The Kier molecular flexibility index (Phi) is 6.25. The van der Waals surface area contributed by atoms with Crippen LogP contribution in [0.3, 0.4) is 0 Å². The summed E-state index contributed by atoms with van der Waals surface area (Å²) >= 11 is 6.41. The van der Waals surface area contributed by atoms with E-state index in [2.05, 4.69) is 50.2 Å². The molecule has 0 N–H and O–H groups in total. The molecule has 0 radical (unpaired) electrons. The summed E-state index contributed by atoms with van der Waals surface area (Å²) in [5.41, 5.74) is 3.92. The highest BCUT2D eigenvalue weighted by Gasteiger charge is 2.38. The first kappa shape index (κ1) is 23.1. The number of carbonyl (C=O) groups is 1. The quantitative estimate of drug-likeness (QED) is 0.566. The van der Waals surface area contributed by atoms with Crippen LogP contribution >= 0.6 is 11.6 Å². The van der Waals surface area contributed by atoms with Crippen molar-refractivity contribution in [2.75, 3.05) is 18.0 Å². The van der Waals surface area contributed by atoms with E-state index in [-0.39, 0.29) is 17.4 Å². The van der Waals surface area contributed by atoms with Crippen LogP contribution in [0.15, 0.2) is 42.2 Å². The van der Waals surface area contributed by atoms with Crippen LogP contribution in [0, 0.1) is 0 Å². The van der Waals surface area contributed by atoms with Gasteiger partial charge in [-0.3, -0.25) is 9.80 Å². The second-order valence-corrected chi connectivity index (χ2v) is 10.7. The van der Waals surface area contributed by atoms with Gasteiger partial charge in [0.15, 0.2) is 0 Å². The topological polar surface area (TPSA) is 61.8 Å². The van der Waals surface area contributed by atoms with Crippen LogP contribution in [0.1, 0.15) is 56.9 Å². The molecule has 1 aromatic carbocycles. The molecule has 2 bridgehead atoms. The molecule has 1 atom stereocenters. The number of aromatic nitrogens is 2. The first-order valence-electron chi connectivity index (χ1n) is 12.1. The van der Waals surface area contributed by atoms with Crippen molar-refractivity contribution < 1.29 is 9.53 Å². The highest BCUT2D eigenvalue weighted by Crippen LogP contribution is 2.37. The van der Waals surface area contributed by atoms with Crippen molar-refractivity contribution in [3.8, 4) is 0 Å². The normalized spacial score (nSPS) is 20.6. The lowest BCUT2D eigenvalue weighted by atomic mass is 10.0. The lowest BCUT2D eigenvalue weighted by Gasteiger charge is -2.31. The first-order valence-corrected chi connectivity index (χ1v) is 12.5. The monoisotopic (exact) mass is 481 g/mol. The number of anilines is 1. The zero-order valence-electron chi connectivity index (χ0n) is 20.1. The van der Waals surface area contributed by atoms with E-state index < -0.39 is 5.60 Å². The Hall–Kier alpha value is -2.64. The minimum atomic E-state index is -0.520. The Labute approximate surface area is 206 Å². The fourth-order valence-corrected chi connectivity index (χ4v) is 5.31. The maximum atomic E-state index is 12.9. The van der Waals surface area contributed by atoms with Gasteiger partial charge in [-0.2, -0.15) is 4.98 Å². The highest BCUT2D eigenvalue weighted by atomic mass is 35.5. The summed E-state index contributed by atoms with van der Waals surface area (Å²) in [6.45, 7) is 9.07. The molecule has 1 saturated heterocycles. The first-order chi connectivity index (χ1) is 16.3. The van der Waals surface area contributed by atoms with Gasteiger partial charge in [-0.05, 0) is 63.6 Å². The van der Waals surface area contributed by atoms with Gasteiger partial charge >= 0.3 is 6.09 Å². The van der Waals surface area contributed by atoms with Crippen LogP contribution < -0.4 is 4.90 Å². The van der Waals surface area contributed by atoms with Gasteiger partial charge in [0, 0.05) is 49.7 Å².